The number of fused-ring (bicyclic) bond motifs is 2. The van der Waals surface area contributed by atoms with Crippen LogP contribution < -0.4 is 11.1 Å². The van der Waals surface area contributed by atoms with Gasteiger partial charge in [-0.15, -0.1) is 0 Å². The Morgan fingerprint density at radius 3 is 2.62 bits per heavy atom. The van der Waals surface area contributed by atoms with Gasteiger partial charge in [0.15, 0.2) is 0 Å². The third kappa shape index (κ3) is 1.65. The second-order valence-electron chi connectivity index (χ2n) is 6.45. The predicted octanol–water partition coefficient (Wildman–Crippen LogP) is 1.67. The van der Waals surface area contributed by atoms with Crippen LogP contribution in [0.3, 0.4) is 0 Å². The Bertz CT molecular complexity index is 296. The van der Waals surface area contributed by atoms with Crippen molar-refractivity contribution in [1.29, 1.82) is 0 Å². The van der Waals surface area contributed by atoms with Crippen LogP contribution in [0.4, 0.5) is 0 Å². The third-order valence-electron chi connectivity index (χ3n) is 4.95. The average Bonchev–Trinajstić information content (AvgIpc) is 2.64. The van der Waals surface area contributed by atoms with Gasteiger partial charge in [0.2, 0.25) is 5.91 Å². The molecule has 3 nitrogen and oxygen atoms in total. The molecule has 2 rings (SSSR count). The van der Waals surface area contributed by atoms with Crippen LogP contribution in [0, 0.1) is 16.7 Å². The zero-order chi connectivity index (χ0) is 12.0. The molecule has 3 heteroatoms. The minimum Gasteiger partial charge on any atom is -0.352 e. The van der Waals surface area contributed by atoms with Crippen molar-refractivity contribution in [2.45, 2.75) is 52.5 Å². The van der Waals surface area contributed by atoms with Gasteiger partial charge in [0.25, 0.3) is 0 Å². The lowest BCUT2D eigenvalue weighted by Crippen LogP contribution is -2.52. The third-order valence-corrected chi connectivity index (χ3v) is 4.95. The summed E-state index contributed by atoms with van der Waals surface area (Å²) in [5.74, 6) is 0.898. The molecule has 3 N–H and O–H groups in total. The molecular formula is C13H24N2O. The first-order valence-corrected chi connectivity index (χ1v) is 6.39. The van der Waals surface area contributed by atoms with Crippen molar-refractivity contribution in [1.82, 2.24) is 5.32 Å². The number of rotatable bonds is 3. The van der Waals surface area contributed by atoms with Crippen molar-refractivity contribution in [3.05, 3.63) is 0 Å². The highest BCUT2D eigenvalue weighted by molar-refractivity contribution is 5.76. The van der Waals surface area contributed by atoms with Crippen LogP contribution in [0.15, 0.2) is 0 Å². The van der Waals surface area contributed by atoms with E-state index in [1.54, 1.807) is 0 Å². The van der Waals surface area contributed by atoms with E-state index in [0.29, 0.717) is 24.4 Å². The van der Waals surface area contributed by atoms with E-state index < -0.39 is 0 Å². The first-order chi connectivity index (χ1) is 7.40. The zero-order valence-corrected chi connectivity index (χ0v) is 10.7. The first kappa shape index (κ1) is 11.9. The Labute approximate surface area is 98.2 Å². The highest BCUT2D eigenvalue weighted by Gasteiger charge is 2.59. The van der Waals surface area contributed by atoms with Gasteiger partial charge in [0, 0.05) is 19.0 Å². The number of carbonyl (C=O) groups is 1. The normalized spacial score (nSPS) is 40.0. The maximum atomic E-state index is 11.7. The van der Waals surface area contributed by atoms with Crippen molar-refractivity contribution in [2.24, 2.45) is 22.5 Å². The largest absolute Gasteiger partial charge is 0.352 e. The average molecular weight is 224 g/mol. The molecule has 92 valence electrons. The fraction of sp³-hybridized carbons (Fsp3) is 0.923. The van der Waals surface area contributed by atoms with Crippen molar-refractivity contribution in [3.8, 4) is 0 Å². The second-order valence-corrected chi connectivity index (χ2v) is 6.45. The van der Waals surface area contributed by atoms with Gasteiger partial charge < -0.3 is 11.1 Å². The quantitative estimate of drug-likeness (QED) is 0.766. The van der Waals surface area contributed by atoms with Gasteiger partial charge in [-0.3, -0.25) is 4.79 Å². The molecule has 0 heterocycles. The molecule has 3 unspecified atom stereocenters. The van der Waals surface area contributed by atoms with Crippen molar-refractivity contribution < 1.29 is 4.79 Å². The highest BCUT2D eigenvalue weighted by Crippen LogP contribution is 2.62. The predicted molar refractivity (Wildman–Crippen MR) is 64.8 cm³/mol. The van der Waals surface area contributed by atoms with Crippen LogP contribution in [0.2, 0.25) is 0 Å². The molecule has 0 spiro atoms. The molecule has 0 aliphatic heterocycles. The Hall–Kier alpha value is -0.570. The zero-order valence-electron chi connectivity index (χ0n) is 10.7. The molecule has 16 heavy (non-hydrogen) atoms. The fourth-order valence-electron chi connectivity index (χ4n) is 4.03. The van der Waals surface area contributed by atoms with Crippen LogP contribution in [0.5, 0.6) is 0 Å². The van der Waals surface area contributed by atoms with Crippen LogP contribution >= 0.6 is 0 Å². The molecular weight excluding hydrogens is 200 g/mol. The summed E-state index contributed by atoms with van der Waals surface area (Å²) in [6.45, 7) is 7.37. The maximum Gasteiger partial charge on any atom is 0.221 e. The summed E-state index contributed by atoms with van der Waals surface area (Å²) in [6.07, 6.45) is 4.31. The summed E-state index contributed by atoms with van der Waals surface area (Å²) in [6, 6.07) is 0.331. The van der Waals surface area contributed by atoms with Crippen molar-refractivity contribution >= 4 is 5.91 Å². The van der Waals surface area contributed by atoms with Crippen LogP contribution in [-0.2, 0) is 4.79 Å². The Morgan fingerprint density at radius 2 is 2.12 bits per heavy atom. The van der Waals surface area contributed by atoms with E-state index in [-0.39, 0.29) is 11.3 Å². The lowest BCUT2D eigenvalue weighted by molar-refractivity contribution is -0.123. The number of nitrogens with one attached hydrogen (secondary N) is 1. The van der Waals surface area contributed by atoms with Gasteiger partial charge in [-0.25, -0.2) is 0 Å². The van der Waals surface area contributed by atoms with Gasteiger partial charge in [-0.1, -0.05) is 20.8 Å². The van der Waals surface area contributed by atoms with E-state index in [9.17, 15) is 4.79 Å². The monoisotopic (exact) mass is 224 g/mol. The topological polar surface area (TPSA) is 55.1 Å². The Balaban J connectivity index is 2.11. The molecule has 0 radical (unpaired) electrons. The fourth-order valence-corrected chi connectivity index (χ4v) is 4.03. The van der Waals surface area contributed by atoms with E-state index in [4.69, 9.17) is 5.73 Å². The van der Waals surface area contributed by atoms with Crippen molar-refractivity contribution in [2.75, 3.05) is 6.54 Å². The first-order valence-electron chi connectivity index (χ1n) is 6.39. The molecule has 0 aromatic rings. The summed E-state index contributed by atoms with van der Waals surface area (Å²) in [5, 5.41) is 3.22. The summed E-state index contributed by atoms with van der Waals surface area (Å²) in [7, 11) is 0. The van der Waals surface area contributed by atoms with Gasteiger partial charge in [-0.05, 0) is 36.0 Å². The molecule has 0 aromatic heterocycles. The lowest BCUT2D eigenvalue weighted by Gasteiger charge is -2.43. The van der Waals surface area contributed by atoms with E-state index in [2.05, 4.69) is 26.1 Å². The molecule has 2 aliphatic rings. The molecule has 1 amide bonds. The lowest BCUT2D eigenvalue weighted by atomic mass is 9.68. The van der Waals surface area contributed by atoms with E-state index in [1.807, 2.05) is 0 Å². The van der Waals surface area contributed by atoms with Crippen LogP contribution in [0.1, 0.15) is 46.5 Å². The Kier molecular flexibility index (Phi) is 2.77. The molecule has 2 saturated carbocycles. The second kappa shape index (κ2) is 3.73. The molecule has 2 fully saturated rings. The maximum absolute atomic E-state index is 11.7. The SMILES string of the molecule is CC12CCC(C1)C(C)(C)C2NC(=O)CCN. The van der Waals surface area contributed by atoms with E-state index >= 15 is 0 Å². The summed E-state index contributed by atoms with van der Waals surface area (Å²) >= 11 is 0. The minimum atomic E-state index is 0.120. The molecule has 0 saturated heterocycles. The Morgan fingerprint density at radius 1 is 1.44 bits per heavy atom. The number of amides is 1. The minimum absolute atomic E-state index is 0.120. The molecule has 2 bridgehead atoms. The number of nitrogens with two attached hydrogens (primary N) is 1. The summed E-state index contributed by atoms with van der Waals surface area (Å²) in [4.78, 5) is 11.7. The number of carbonyl (C=O) groups excluding carboxylic acids is 1. The number of hydrogen-bond donors (Lipinski definition) is 2. The van der Waals surface area contributed by atoms with Gasteiger partial charge >= 0.3 is 0 Å². The van der Waals surface area contributed by atoms with Gasteiger partial charge in [-0.2, -0.15) is 0 Å². The smallest absolute Gasteiger partial charge is 0.221 e. The van der Waals surface area contributed by atoms with Crippen LogP contribution in [0.25, 0.3) is 0 Å². The summed E-state index contributed by atoms with van der Waals surface area (Å²) < 4.78 is 0. The van der Waals surface area contributed by atoms with Gasteiger partial charge in [0.05, 0.1) is 0 Å². The number of hydrogen-bond acceptors (Lipinski definition) is 2. The molecule has 0 aromatic carbocycles. The molecule has 2 aliphatic carbocycles. The highest BCUT2D eigenvalue weighted by atomic mass is 16.1. The van der Waals surface area contributed by atoms with E-state index in [1.165, 1.54) is 19.3 Å². The molecule has 3 atom stereocenters. The summed E-state index contributed by atoms with van der Waals surface area (Å²) in [5.41, 5.74) is 5.98. The van der Waals surface area contributed by atoms with Crippen LogP contribution in [-0.4, -0.2) is 18.5 Å². The van der Waals surface area contributed by atoms with Crippen molar-refractivity contribution in [3.63, 3.8) is 0 Å². The van der Waals surface area contributed by atoms with E-state index in [0.717, 1.165) is 5.92 Å². The van der Waals surface area contributed by atoms with Gasteiger partial charge in [0.1, 0.15) is 0 Å². The standard InChI is InChI=1S/C13H24N2O/c1-12(2)9-4-6-13(3,8-9)11(12)15-10(16)5-7-14/h9,11H,4-8,14H2,1-3H3,(H,15,16).